The second-order valence-corrected chi connectivity index (χ2v) is 6.71. The summed E-state index contributed by atoms with van der Waals surface area (Å²) in [6, 6.07) is 17.7. The van der Waals surface area contributed by atoms with Gasteiger partial charge in [0.2, 0.25) is 0 Å². The highest BCUT2D eigenvalue weighted by Gasteiger charge is 2.10. The fourth-order valence-corrected chi connectivity index (χ4v) is 2.79. The van der Waals surface area contributed by atoms with Crippen LogP contribution in [-0.4, -0.2) is 40.9 Å². The number of hydrogen-bond donors (Lipinski definition) is 1. The lowest BCUT2D eigenvalue weighted by molar-refractivity contribution is 0.195. The van der Waals surface area contributed by atoms with Gasteiger partial charge in [0, 0.05) is 26.0 Å². The molecule has 1 heterocycles. The number of carbonyl (C=O) groups is 1. The molecule has 2 amide bonds. The van der Waals surface area contributed by atoms with Crippen molar-refractivity contribution in [1.82, 2.24) is 20.0 Å². The lowest BCUT2D eigenvalue weighted by atomic mass is 10.1. The zero-order valence-electron chi connectivity index (χ0n) is 16.3. The molecular weight excluding hydrogens is 352 g/mol. The molecule has 0 saturated heterocycles. The van der Waals surface area contributed by atoms with Gasteiger partial charge in [-0.2, -0.15) is 5.10 Å². The number of benzene rings is 2. The summed E-state index contributed by atoms with van der Waals surface area (Å²) in [5, 5.41) is 7.22. The first-order chi connectivity index (χ1) is 13.6. The van der Waals surface area contributed by atoms with Gasteiger partial charge in [0.1, 0.15) is 12.4 Å². The lowest BCUT2D eigenvalue weighted by Crippen LogP contribution is -2.39. The number of aryl methyl sites for hydroxylation is 1. The minimum absolute atomic E-state index is 0.124. The molecule has 0 aliphatic carbocycles. The Morgan fingerprint density at radius 1 is 1.11 bits per heavy atom. The summed E-state index contributed by atoms with van der Waals surface area (Å²) in [7, 11) is 1.77. The van der Waals surface area contributed by atoms with Gasteiger partial charge < -0.3 is 15.0 Å². The van der Waals surface area contributed by atoms with Crippen LogP contribution in [0.1, 0.15) is 16.7 Å². The first-order valence-corrected chi connectivity index (χ1v) is 9.34. The van der Waals surface area contributed by atoms with Crippen molar-refractivity contribution in [2.75, 3.05) is 20.2 Å². The summed E-state index contributed by atoms with van der Waals surface area (Å²) in [5.41, 5.74) is 3.41. The van der Waals surface area contributed by atoms with E-state index in [4.69, 9.17) is 4.74 Å². The summed E-state index contributed by atoms with van der Waals surface area (Å²) in [6.45, 7) is 4.14. The van der Waals surface area contributed by atoms with Crippen molar-refractivity contribution in [2.45, 2.75) is 20.0 Å². The Hall–Kier alpha value is -3.28. The maximum Gasteiger partial charge on any atom is 0.317 e. The molecule has 1 N–H and O–H groups in total. The summed E-state index contributed by atoms with van der Waals surface area (Å²) in [4.78, 5) is 14.0. The number of likely N-dealkylation sites (N-methyl/N-ethyl adjacent to an activating group) is 1. The van der Waals surface area contributed by atoms with Crippen LogP contribution in [0.4, 0.5) is 4.79 Å². The number of carbonyl (C=O) groups excluding carboxylic acids is 1. The van der Waals surface area contributed by atoms with Crippen LogP contribution in [0.3, 0.4) is 0 Å². The monoisotopic (exact) mass is 378 g/mol. The molecule has 3 aromatic rings. The summed E-state index contributed by atoms with van der Waals surface area (Å²) in [5.74, 6) is 0.812. The van der Waals surface area contributed by atoms with Crippen molar-refractivity contribution >= 4 is 6.03 Å². The molecule has 0 aliphatic rings. The summed E-state index contributed by atoms with van der Waals surface area (Å²) < 4.78 is 7.56. The van der Waals surface area contributed by atoms with Gasteiger partial charge in [-0.15, -0.1) is 0 Å². The van der Waals surface area contributed by atoms with Gasteiger partial charge in [-0.05, 0) is 36.2 Å². The molecule has 0 fully saturated rings. The Kier molecular flexibility index (Phi) is 6.68. The highest BCUT2D eigenvalue weighted by Crippen LogP contribution is 2.12. The third-order valence-electron chi connectivity index (χ3n) is 4.50. The molecule has 0 spiro atoms. The molecule has 2 aromatic carbocycles. The molecule has 28 heavy (non-hydrogen) atoms. The quantitative estimate of drug-likeness (QED) is 0.653. The summed E-state index contributed by atoms with van der Waals surface area (Å²) in [6.07, 6.45) is 3.69. The van der Waals surface area contributed by atoms with E-state index in [0.717, 1.165) is 16.9 Å². The Balaban J connectivity index is 1.46. The van der Waals surface area contributed by atoms with Gasteiger partial charge in [0.05, 0.1) is 13.1 Å². The van der Waals surface area contributed by atoms with Crippen LogP contribution >= 0.6 is 0 Å². The van der Waals surface area contributed by atoms with Gasteiger partial charge in [-0.1, -0.05) is 42.0 Å². The second kappa shape index (κ2) is 9.60. The van der Waals surface area contributed by atoms with Crippen molar-refractivity contribution in [3.8, 4) is 5.75 Å². The molecule has 0 bridgehead atoms. The fraction of sp³-hybridized carbons (Fsp3) is 0.273. The van der Waals surface area contributed by atoms with Crippen LogP contribution in [-0.2, 0) is 13.1 Å². The van der Waals surface area contributed by atoms with Gasteiger partial charge in [-0.3, -0.25) is 4.68 Å². The third kappa shape index (κ3) is 5.61. The number of amides is 2. The van der Waals surface area contributed by atoms with Crippen molar-refractivity contribution in [3.63, 3.8) is 0 Å². The van der Waals surface area contributed by atoms with E-state index in [1.54, 1.807) is 18.1 Å². The fourth-order valence-electron chi connectivity index (χ4n) is 2.79. The summed E-state index contributed by atoms with van der Waals surface area (Å²) >= 11 is 0. The Morgan fingerprint density at radius 3 is 2.57 bits per heavy atom. The maximum absolute atomic E-state index is 12.4. The molecule has 1 aromatic heterocycles. The van der Waals surface area contributed by atoms with Crippen LogP contribution in [0.5, 0.6) is 5.75 Å². The Bertz CT molecular complexity index is 876. The average Bonchev–Trinajstić information content (AvgIpc) is 3.21. The van der Waals surface area contributed by atoms with Crippen LogP contribution in [0.2, 0.25) is 0 Å². The lowest BCUT2D eigenvalue weighted by Gasteiger charge is -2.19. The first-order valence-electron chi connectivity index (χ1n) is 9.34. The Labute approximate surface area is 165 Å². The molecule has 6 heteroatoms. The Morgan fingerprint density at radius 2 is 1.86 bits per heavy atom. The molecule has 3 rings (SSSR count). The van der Waals surface area contributed by atoms with Crippen LogP contribution in [0, 0.1) is 6.92 Å². The maximum atomic E-state index is 12.4. The van der Waals surface area contributed by atoms with E-state index in [2.05, 4.69) is 16.5 Å². The minimum Gasteiger partial charge on any atom is -0.492 e. The van der Waals surface area contributed by atoms with Crippen molar-refractivity contribution in [2.24, 2.45) is 0 Å². The zero-order valence-corrected chi connectivity index (χ0v) is 16.3. The third-order valence-corrected chi connectivity index (χ3v) is 4.50. The predicted octanol–water partition coefficient (Wildman–Crippen LogP) is 3.46. The van der Waals surface area contributed by atoms with E-state index in [-0.39, 0.29) is 6.03 Å². The molecule has 0 saturated carbocycles. The topological polar surface area (TPSA) is 59.4 Å². The molecule has 0 unspecified atom stereocenters. The highest BCUT2D eigenvalue weighted by atomic mass is 16.5. The number of rotatable bonds is 8. The average molecular weight is 378 g/mol. The van der Waals surface area contributed by atoms with E-state index in [1.807, 2.05) is 66.3 Å². The van der Waals surface area contributed by atoms with E-state index in [1.165, 1.54) is 5.56 Å². The first kappa shape index (κ1) is 19.5. The molecule has 0 atom stereocenters. The highest BCUT2D eigenvalue weighted by molar-refractivity contribution is 5.73. The predicted molar refractivity (Wildman–Crippen MR) is 109 cm³/mol. The van der Waals surface area contributed by atoms with Crippen LogP contribution in [0.15, 0.2) is 67.0 Å². The smallest absolute Gasteiger partial charge is 0.317 e. The van der Waals surface area contributed by atoms with Crippen LogP contribution < -0.4 is 10.1 Å². The zero-order chi connectivity index (χ0) is 19.8. The van der Waals surface area contributed by atoms with Gasteiger partial charge in [0.15, 0.2) is 0 Å². The number of aromatic nitrogens is 2. The molecule has 0 radical (unpaired) electrons. The van der Waals surface area contributed by atoms with E-state index >= 15 is 0 Å². The van der Waals surface area contributed by atoms with Crippen LogP contribution in [0.25, 0.3) is 0 Å². The van der Waals surface area contributed by atoms with Crippen molar-refractivity contribution in [3.05, 3.63) is 83.7 Å². The van der Waals surface area contributed by atoms with E-state index < -0.39 is 0 Å². The molecule has 146 valence electrons. The number of nitrogens with zero attached hydrogens (tertiary/aromatic N) is 3. The largest absolute Gasteiger partial charge is 0.492 e. The van der Waals surface area contributed by atoms with E-state index in [9.17, 15) is 4.79 Å². The molecule has 0 aliphatic heterocycles. The van der Waals surface area contributed by atoms with Gasteiger partial charge >= 0.3 is 6.03 Å². The molecular formula is C22H26N4O2. The van der Waals surface area contributed by atoms with Gasteiger partial charge in [-0.25, -0.2) is 4.79 Å². The number of ether oxygens (including phenoxy) is 1. The number of hydrogen-bond acceptors (Lipinski definition) is 3. The van der Waals surface area contributed by atoms with Gasteiger partial charge in [0.25, 0.3) is 0 Å². The number of nitrogens with one attached hydrogen (secondary N) is 1. The number of urea groups is 1. The van der Waals surface area contributed by atoms with Crippen molar-refractivity contribution < 1.29 is 9.53 Å². The van der Waals surface area contributed by atoms with Crippen molar-refractivity contribution in [1.29, 1.82) is 0 Å². The molecule has 6 nitrogen and oxygen atoms in total. The SMILES string of the molecule is Cc1ccc(OCCN(C)C(=O)NCc2ccccc2Cn2cccn2)cc1. The standard InChI is InChI=1S/C22H26N4O2/c1-18-8-10-21(11-9-18)28-15-14-25(2)22(27)23-16-19-6-3-4-7-20(19)17-26-13-5-12-24-26/h3-13H,14-17H2,1-2H3,(H,23,27). The van der Waals surface area contributed by atoms with E-state index in [0.29, 0.717) is 26.2 Å². The second-order valence-electron chi connectivity index (χ2n) is 6.71. The normalized spacial score (nSPS) is 10.5. The minimum atomic E-state index is -0.124.